The minimum Gasteiger partial charge on any atom is -0.325 e. The summed E-state index contributed by atoms with van der Waals surface area (Å²) in [4.78, 5) is 0. The third kappa shape index (κ3) is 7.04. The van der Waals surface area contributed by atoms with Crippen LogP contribution in [0.1, 0.15) is 6.42 Å². The van der Waals surface area contributed by atoms with E-state index in [1.165, 1.54) is 0 Å². The number of quaternary nitrogens is 1. The lowest BCUT2D eigenvalue weighted by atomic mass is 9.87. The molecule has 26 heteroatoms. The van der Waals surface area contributed by atoms with Crippen LogP contribution in [0.2, 0.25) is 0 Å². The zero-order valence-corrected chi connectivity index (χ0v) is 21.3. The molecule has 5 nitrogen and oxygen atoms in total. The third-order valence-electron chi connectivity index (χ3n) is 5.32. The molecule has 0 aromatic rings. The summed E-state index contributed by atoms with van der Waals surface area (Å²) in [7, 11) is -3.22. The van der Waals surface area contributed by atoms with E-state index in [0.717, 1.165) is 14.1 Å². The molecule has 0 unspecified atom stereocenters. The van der Waals surface area contributed by atoms with Crippen molar-refractivity contribution in [3.8, 4) is 0 Å². The smallest absolute Gasteiger partial charge is 0.325 e. The predicted octanol–water partition coefficient (Wildman–Crippen LogP) is 6.77. The van der Waals surface area contributed by atoms with Gasteiger partial charge in [0.2, 0.25) is 0 Å². The number of hydrogen-bond acceptors (Lipinski definition) is 3. The molecule has 0 aromatic heterocycles. The average molecular weight is 710 g/mol. The first-order valence-corrected chi connectivity index (χ1v) is 11.6. The Balaban J connectivity index is 6.55. The van der Waals surface area contributed by atoms with Gasteiger partial charge < -0.3 is 4.48 Å². The SMILES string of the molecule is C[N+](C)(C/C=C(\F)C(F)(F)C(F)(F)C(F)(F)C(F)(F)C(F)(F)C(F)(F)C(F)(F)C(F)(F)C(F)(F)F)CCCOS(=O)(=O)O. The Hall–Kier alpha value is -1.83. The number of halogens is 20. The molecule has 0 radical (unpaired) electrons. The largest absolute Gasteiger partial charge is 0.460 e. The van der Waals surface area contributed by atoms with Crippen LogP contribution in [0.5, 0.6) is 0 Å². The summed E-state index contributed by atoms with van der Waals surface area (Å²) in [5.41, 5.74) is 0. The Morgan fingerprint density at radius 2 is 0.977 bits per heavy atom. The van der Waals surface area contributed by atoms with Crippen LogP contribution in [0.25, 0.3) is 0 Å². The molecule has 0 aliphatic rings. The van der Waals surface area contributed by atoms with Crippen molar-refractivity contribution >= 4 is 10.4 Å². The first-order valence-electron chi connectivity index (χ1n) is 10.2. The number of alkyl halides is 19. The molecule has 0 amide bonds. The number of nitrogens with zero attached hydrogens (tertiary/aromatic N) is 1. The van der Waals surface area contributed by atoms with Crippen molar-refractivity contribution < 1.29 is 109 Å². The number of hydrogen-bond donors (Lipinski definition) is 1. The van der Waals surface area contributed by atoms with Crippen LogP contribution in [-0.2, 0) is 14.6 Å². The Labute approximate surface area is 226 Å². The van der Waals surface area contributed by atoms with Crippen molar-refractivity contribution in [2.24, 2.45) is 0 Å². The van der Waals surface area contributed by atoms with Crippen LogP contribution in [0.15, 0.2) is 11.9 Å². The van der Waals surface area contributed by atoms with E-state index >= 15 is 0 Å². The van der Waals surface area contributed by atoms with Crippen molar-refractivity contribution in [3.05, 3.63) is 11.9 Å². The maximum Gasteiger partial charge on any atom is 0.460 e. The molecule has 0 aliphatic carbocycles. The third-order valence-corrected chi connectivity index (χ3v) is 5.79. The molecule has 0 saturated carbocycles. The lowest BCUT2D eigenvalue weighted by Crippen LogP contribution is -2.75. The van der Waals surface area contributed by atoms with Gasteiger partial charge in [-0.2, -0.15) is 91.8 Å². The topological polar surface area (TPSA) is 63.6 Å². The average Bonchev–Trinajstić information content (AvgIpc) is 2.78. The van der Waals surface area contributed by atoms with Gasteiger partial charge in [0.25, 0.3) is 0 Å². The van der Waals surface area contributed by atoms with Gasteiger partial charge in [0.1, 0.15) is 0 Å². The minimum absolute atomic E-state index is 0.472. The Morgan fingerprint density at radius 3 is 1.30 bits per heavy atom. The van der Waals surface area contributed by atoms with Gasteiger partial charge in [-0.3, -0.25) is 4.55 Å². The summed E-state index contributed by atoms with van der Waals surface area (Å²) in [6, 6.07) is 0. The molecule has 0 atom stereocenters. The predicted molar refractivity (Wildman–Crippen MR) is 98.8 cm³/mol. The maximum atomic E-state index is 13.9. The van der Waals surface area contributed by atoms with Crippen LogP contribution in [0.4, 0.5) is 87.8 Å². The summed E-state index contributed by atoms with van der Waals surface area (Å²) in [6.45, 7) is -2.72. The highest BCUT2D eigenvalue weighted by atomic mass is 32.3. The second-order valence-electron chi connectivity index (χ2n) is 9.09. The Kier molecular flexibility index (Phi) is 11.0. The minimum atomic E-state index is -9.11. The van der Waals surface area contributed by atoms with E-state index in [4.69, 9.17) is 4.55 Å². The quantitative estimate of drug-likeness (QED) is 0.0883. The number of allylic oxidation sites excluding steroid dienone is 1. The molecular formula is C17H16F20NO4S+. The van der Waals surface area contributed by atoms with Crippen molar-refractivity contribution in [3.63, 3.8) is 0 Å². The van der Waals surface area contributed by atoms with E-state index in [2.05, 4.69) is 4.18 Å². The fraction of sp³-hybridized carbons (Fsp3) is 0.882. The molecule has 0 aliphatic heterocycles. The summed E-state index contributed by atoms with van der Waals surface area (Å²) < 4.78 is 299. The summed E-state index contributed by atoms with van der Waals surface area (Å²) in [5.74, 6) is -72.9. The Morgan fingerprint density at radius 1 is 0.651 bits per heavy atom. The second kappa shape index (κ2) is 11.5. The van der Waals surface area contributed by atoms with Crippen LogP contribution < -0.4 is 0 Å². The summed E-state index contributed by atoms with van der Waals surface area (Å²) in [6.07, 6.45) is -9.24. The molecule has 0 bridgehead atoms. The summed E-state index contributed by atoms with van der Waals surface area (Å²) >= 11 is 0. The van der Waals surface area contributed by atoms with Crippen LogP contribution in [0, 0.1) is 0 Å². The highest BCUT2D eigenvalue weighted by molar-refractivity contribution is 7.80. The van der Waals surface area contributed by atoms with Gasteiger partial charge in [0.05, 0.1) is 33.8 Å². The van der Waals surface area contributed by atoms with Crippen molar-refractivity contribution in [2.75, 3.05) is 33.8 Å². The highest BCUT2D eigenvalue weighted by Gasteiger charge is 2.96. The van der Waals surface area contributed by atoms with E-state index in [1.807, 2.05) is 0 Å². The monoisotopic (exact) mass is 710 g/mol. The molecular weight excluding hydrogens is 694 g/mol. The molecule has 1 N–H and O–H groups in total. The summed E-state index contributed by atoms with van der Waals surface area (Å²) in [5, 5.41) is 0. The normalized spacial score (nSPS) is 16.6. The van der Waals surface area contributed by atoms with E-state index in [0.29, 0.717) is 0 Å². The molecule has 43 heavy (non-hydrogen) atoms. The Bertz CT molecular complexity index is 1130. The first-order chi connectivity index (χ1) is 18.3. The fourth-order valence-electron chi connectivity index (χ4n) is 2.71. The molecule has 0 saturated heterocycles. The fourth-order valence-corrected chi connectivity index (χ4v) is 3.04. The van der Waals surface area contributed by atoms with E-state index in [-0.39, 0.29) is 0 Å². The molecule has 0 rings (SSSR count). The lowest BCUT2D eigenvalue weighted by molar-refractivity contribution is -0.884. The van der Waals surface area contributed by atoms with Crippen molar-refractivity contribution in [2.45, 2.75) is 60.0 Å². The van der Waals surface area contributed by atoms with Gasteiger partial charge >= 0.3 is 64.0 Å². The van der Waals surface area contributed by atoms with Crippen molar-refractivity contribution in [1.29, 1.82) is 0 Å². The van der Waals surface area contributed by atoms with Gasteiger partial charge in [0.15, 0.2) is 5.83 Å². The molecule has 0 fully saturated rings. The van der Waals surface area contributed by atoms with E-state index in [1.54, 1.807) is 0 Å². The molecule has 258 valence electrons. The lowest BCUT2D eigenvalue weighted by Gasteiger charge is -2.43. The zero-order valence-electron chi connectivity index (χ0n) is 20.5. The molecule has 0 aromatic carbocycles. The van der Waals surface area contributed by atoms with Crippen molar-refractivity contribution in [1.82, 2.24) is 0 Å². The number of rotatable bonds is 15. The highest BCUT2D eigenvalue weighted by Crippen LogP contribution is 2.65. The molecule has 0 spiro atoms. The van der Waals surface area contributed by atoms with E-state index in [9.17, 15) is 96.2 Å². The van der Waals surface area contributed by atoms with Gasteiger partial charge in [-0.25, -0.2) is 8.57 Å². The van der Waals surface area contributed by atoms with Crippen LogP contribution in [-0.4, -0.2) is 105 Å². The molecule has 0 heterocycles. The van der Waals surface area contributed by atoms with Gasteiger partial charge in [-0.05, 0) is 0 Å². The standard InChI is InChI=1S/C17H15F20NO4S/c1-38(2,5-3-7-42-43(39,40)41)6-4-8(18)9(19,20)10(21,22)11(23,24)12(25,26)13(27,28)14(29,30)15(31,32)16(33,34)17(35,36)37/h4H,3,5-7H2,1-2H3/p+1/b8-4-. The zero-order chi connectivity index (χ0) is 35.3. The van der Waals surface area contributed by atoms with Gasteiger partial charge in [-0.15, -0.1) is 0 Å². The van der Waals surface area contributed by atoms with Gasteiger partial charge in [0, 0.05) is 12.5 Å². The van der Waals surface area contributed by atoms with Crippen LogP contribution >= 0.6 is 0 Å². The van der Waals surface area contributed by atoms with E-state index < -0.39 is 106 Å². The first kappa shape index (κ1) is 41.2. The maximum absolute atomic E-state index is 13.9. The second-order valence-corrected chi connectivity index (χ2v) is 10.2. The van der Waals surface area contributed by atoms with Gasteiger partial charge in [-0.1, -0.05) is 0 Å². The van der Waals surface area contributed by atoms with Crippen LogP contribution in [0.3, 0.4) is 0 Å². The number of likely N-dealkylation sites (N-methyl/N-ethyl adjacent to an activating group) is 1.